The third kappa shape index (κ3) is 4.31. The Hall–Kier alpha value is -2.89. The van der Waals surface area contributed by atoms with Gasteiger partial charge in [-0.3, -0.25) is 25.4 Å². The van der Waals surface area contributed by atoms with Crippen molar-refractivity contribution in [1.82, 2.24) is 15.8 Å². The lowest BCUT2D eigenvalue weighted by Crippen LogP contribution is -2.43. The SMILES string of the molecule is Cc1ccccc1OCC(=O)NNC(=O)c1cccnc1. The summed E-state index contributed by atoms with van der Waals surface area (Å²) in [6.45, 7) is 1.70. The van der Waals surface area contributed by atoms with Crippen molar-refractivity contribution < 1.29 is 14.3 Å². The minimum Gasteiger partial charge on any atom is -0.483 e. The van der Waals surface area contributed by atoms with E-state index in [1.807, 2.05) is 25.1 Å². The minimum absolute atomic E-state index is 0.182. The molecule has 2 amide bonds. The molecule has 0 saturated heterocycles. The Morgan fingerprint density at radius 3 is 2.67 bits per heavy atom. The summed E-state index contributed by atoms with van der Waals surface area (Å²) in [7, 11) is 0. The molecule has 6 nitrogen and oxygen atoms in total. The number of para-hydroxylation sites is 1. The number of aromatic nitrogens is 1. The maximum atomic E-state index is 11.7. The van der Waals surface area contributed by atoms with Crippen LogP contribution in [0.25, 0.3) is 0 Å². The Bertz CT molecular complexity index is 629. The van der Waals surface area contributed by atoms with E-state index in [9.17, 15) is 9.59 Å². The van der Waals surface area contributed by atoms with Gasteiger partial charge in [-0.15, -0.1) is 0 Å². The zero-order valence-corrected chi connectivity index (χ0v) is 11.5. The maximum absolute atomic E-state index is 11.7. The van der Waals surface area contributed by atoms with Crippen molar-refractivity contribution in [2.24, 2.45) is 0 Å². The van der Waals surface area contributed by atoms with Crippen molar-refractivity contribution in [3.63, 3.8) is 0 Å². The molecular weight excluding hydrogens is 270 g/mol. The van der Waals surface area contributed by atoms with Gasteiger partial charge in [-0.25, -0.2) is 0 Å². The number of ether oxygens (including phenoxy) is 1. The summed E-state index contributed by atoms with van der Waals surface area (Å²) in [5.74, 6) is -0.255. The lowest BCUT2D eigenvalue weighted by atomic mass is 10.2. The van der Waals surface area contributed by atoms with Crippen LogP contribution < -0.4 is 15.6 Å². The Balaban J connectivity index is 1.78. The molecule has 108 valence electrons. The molecule has 1 heterocycles. The van der Waals surface area contributed by atoms with Crippen LogP contribution in [0.5, 0.6) is 5.75 Å². The highest BCUT2D eigenvalue weighted by Gasteiger charge is 2.08. The Morgan fingerprint density at radius 2 is 1.95 bits per heavy atom. The largest absolute Gasteiger partial charge is 0.483 e. The second-order valence-corrected chi connectivity index (χ2v) is 4.30. The van der Waals surface area contributed by atoms with E-state index in [1.165, 1.54) is 6.20 Å². The number of carbonyl (C=O) groups is 2. The average molecular weight is 285 g/mol. The van der Waals surface area contributed by atoms with Crippen LogP contribution in [0, 0.1) is 6.92 Å². The first-order valence-corrected chi connectivity index (χ1v) is 6.34. The zero-order chi connectivity index (χ0) is 15.1. The topological polar surface area (TPSA) is 80.3 Å². The minimum atomic E-state index is -0.449. The lowest BCUT2D eigenvalue weighted by Gasteiger charge is -2.10. The molecular formula is C15H15N3O3. The lowest BCUT2D eigenvalue weighted by molar-refractivity contribution is -0.123. The van der Waals surface area contributed by atoms with Gasteiger partial charge in [0.1, 0.15) is 5.75 Å². The smallest absolute Gasteiger partial charge is 0.276 e. The van der Waals surface area contributed by atoms with E-state index in [2.05, 4.69) is 15.8 Å². The molecule has 1 aromatic heterocycles. The first kappa shape index (κ1) is 14.5. The molecule has 0 aliphatic heterocycles. The number of rotatable bonds is 4. The molecule has 21 heavy (non-hydrogen) atoms. The van der Waals surface area contributed by atoms with Crippen LogP contribution >= 0.6 is 0 Å². The summed E-state index contributed by atoms with van der Waals surface area (Å²) in [5, 5.41) is 0. The number of aryl methyl sites for hydroxylation is 1. The number of pyridine rings is 1. The van der Waals surface area contributed by atoms with Crippen LogP contribution in [0.4, 0.5) is 0 Å². The van der Waals surface area contributed by atoms with E-state index in [1.54, 1.807) is 24.4 Å². The quantitative estimate of drug-likeness (QED) is 0.828. The van der Waals surface area contributed by atoms with Gasteiger partial charge in [0.15, 0.2) is 6.61 Å². The summed E-state index contributed by atoms with van der Waals surface area (Å²) >= 11 is 0. The van der Waals surface area contributed by atoms with E-state index >= 15 is 0 Å². The van der Waals surface area contributed by atoms with E-state index in [0.717, 1.165) is 5.56 Å². The van der Waals surface area contributed by atoms with Crippen molar-refractivity contribution in [2.45, 2.75) is 6.92 Å². The number of benzene rings is 1. The monoisotopic (exact) mass is 285 g/mol. The first-order valence-electron chi connectivity index (χ1n) is 6.34. The second-order valence-electron chi connectivity index (χ2n) is 4.30. The summed E-state index contributed by atoms with van der Waals surface area (Å²) in [6.07, 6.45) is 2.97. The highest BCUT2D eigenvalue weighted by Crippen LogP contribution is 2.15. The molecule has 2 aromatic rings. The van der Waals surface area contributed by atoms with Crippen molar-refractivity contribution in [1.29, 1.82) is 0 Å². The van der Waals surface area contributed by atoms with Gasteiger partial charge >= 0.3 is 0 Å². The second kappa shape index (κ2) is 7.04. The highest BCUT2D eigenvalue weighted by atomic mass is 16.5. The van der Waals surface area contributed by atoms with Gasteiger partial charge < -0.3 is 4.74 Å². The Kier molecular flexibility index (Phi) is 4.87. The van der Waals surface area contributed by atoms with Gasteiger partial charge in [0.05, 0.1) is 5.56 Å². The van der Waals surface area contributed by atoms with Crippen molar-refractivity contribution in [3.8, 4) is 5.75 Å². The summed E-state index contributed by atoms with van der Waals surface area (Å²) in [5.41, 5.74) is 5.86. The number of amides is 2. The van der Waals surface area contributed by atoms with Gasteiger partial charge in [0.25, 0.3) is 11.8 Å². The molecule has 2 N–H and O–H groups in total. The Morgan fingerprint density at radius 1 is 1.14 bits per heavy atom. The van der Waals surface area contributed by atoms with Crippen molar-refractivity contribution >= 4 is 11.8 Å². The summed E-state index contributed by atoms with van der Waals surface area (Å²) in [6, 6.07) is 10.6. The molecule has 2 rings (SSSR count). The standard InChI is InChI=1S/C15H15N3O3/c1-11-5-2-3-7-13(11)21-10-14(19)17-18-15(20)12-6-4-8-16-9-12/h2-9H,10H2,1H3,(H,17,19)(H,18,20). The number of hydrogen-bond acceptors (Lipinski definition) is 4. The summed E-state index contributed by atoms with van der Waals surface area (Å²) < 4.78 is 5.36. The third-order valence-electron chi connectivity index (χ3n) is 2.69. The predicted octanol–water partition coefficient (Wildman–Crippen LogP) is 1.23. The van der Waals surface area contributed by atoms with Crippen LogP contribution in [0.1, 0.15) is 15.9 Å². The molecule has 0 bridgehead atoms. The van der Waals surface area contributed by atoms with Gasteiger partial charge in [-0.05, 0) is 30.7 Å². The molecule has 0 fully saturated rings. The number of carbonyl (C=O) groups excluding carboxylic acids is 2. The molecule has 0 radical (unpaired) electrons. The van der Waals surface area contributed by atoms with Crippen LogP contribution in [0.15, 0.2) is 48.8 Å². The fourth-order valence-corrected chi connectivity index (χ4v) is 1.59. The molecule has 0 aliphatic carbocycles. The van der Waals surface area contributed by atoms with Gasteiger partial charge in [-0.1, -0.05) is 18.2 Å². The van der Waals surface area contributed by atoms with Gasteiger partial charge in [0, 0.05) is 12.4 Å². The average Bonchev–Trinajstić information content (AvgIpc) is 2.52. The normalized spacial score (nSPS) is 9.76. The molecule has 1 aromatic carbocycles. The fourth-order valence-electron chi connectivity index (χ4n) is 1.59. The van der Waals surface area contributed by atoms with Gasteiger partial charge in [0.2, 0.25) is 0 Å². The Labute approximate surface area is 122 Å². The van der Waals surface area contributed by atoms with Gasteiger partial charge in [-0.2, -0.15) is 0 Å². The number of nitrogens with zero attached hydrogens (tertiary/aromatic N) is 1. The molecule has 0 saturated carbocycles. The third-order valence-corrected chi connectivity index (χ3v) is 2.69. The van der Waals surface area contributed by atoms with Crippen LogP contribution in [-0.4, -0.2) is 23.4 Å². The van der Waals surface area contributed by atoms with E-state index in [4.69, 9.17) is 4.74 Å². The first-order chi connectivity index (χ1) is 10.2. The van der Waals surface area contributed by atoms with Crippen LogP contribution in [0.2, 0.25) is 0 Å². The highest BCUT2D eigenvalue weighted by molar-refractivity contribution is 5.95. The molecule has 0 unspecified atom stereocenters. The van der Waals surface area contributed by atoms with Crippen LogP contribution in [-0.2, 0) is 4.79 Å². The van der Waals surface area contributed by atoms with E-state index in [-0.39, 0.29) is 6.61 Å². The summed E-state index contributed by atoms with van der Waals surface area (Å²) in [4.78, 5) is 27.1. The molecule has 0 spiro atoms. The van der Waals surface area contributed by atoms with E-state index in [0.29, 0.717) is 11.3 Å². The molecule has 0 aliphatic rings. The molecule has 0 atom stereocenters. The predicted molar refractivity (Wildman–Crippen MR) is 76.5 cm³/mol. The number of hydrogen-bond donors (Lipinski definition) is 2. The van der Waals surface area contributed by atoms with Crippen molar-refractivity contribution in [3.05, 3.63) is 59.9 Å². The maximum Gasteiger partial charge on any atom is 0.276 e. The number of nitrogens with one attached hydrogen (secondary N) is 2. The van der Waals surface area contributed by atoms with E-state index < -0.39 is 11.8 Å². The fraction of sp³-hybridized carbons (Fsp3) is 0.133. The number of hydrazine groups is 1. The molecule has 6 heteroatoms. The van der Waals surface area contributed by atoms with Crippen LogP contribution in [0.3, 0.4) is 0 Å². The van der Waals surface area contributed by atoms with Crippen molar-refractivity contribution in [2.75, 3.05) is 6.61 Å². The zero-order valence-electron chi connectivity index (χ0n) is 11.5.